The van der Waals surface area contributed by atoms with Gasteiger partial charge in [-0.25, -0.2) is 15.0 Å². The predicted molar refractivity (Wildman–Crippen MR) is 140 cm³/mol. The van der Waals surface area contributed by atoms with Crippen LogP contribution in [0, 0.1) is 11.3 Å². The van der Waals surface area contributed by atoms with Crippen LogP contribution in [0.1, 0.15) is 24.2 Å². The number of pyridine rings is 1. The van der Waals surface area contributed by atoms with Gasteiger partial charge < -0.3 is 15.8 Å². The van der Waals surface area contributed by atoms with Crippen LogP contribution in [0.3, 0.4) is 0 Å². The zero-order chi connectivity index (χ0) is 25.9. The molecule has 182 valence electrons. The first-order chi connectivity index (χ1) is 18.0. The van der Waals surface area contributed by atoms with Crippen LogP contribution in [-0.4, -0.2) is 31.6 Å². The van der Waals surface area contributed by atoms with Gasteiger partial charge in [-0.2, -0.15) is 10.2 Å². The molecule has 3 N–H and O–H groups in total. The Kier molecular flexibility index (Phi) is 6.18. The van der Waals surface area contributed by atoms with E-state index in [4.69, 9.17) is 10.5 Å². The lowest BCUT2D eigenvalue weighted by Crippen LogP contribution is -2.26. The van der Waals surface area contributed by atoms with Gasteiger partial charge in [0.25, 0.3) is 5.56 Å². The molecule has 0 bridgehead atoms. The molecule has 0 aliphatic heterocycles. The number of hydrogen-bond acceptors (Lipinski definition) is 9. The van der Waals surface area contributed by atoms with Crippen molar-refractivity contribution >= 4 is 22.5 Å². The number of ether oxygens (including phenoxy) is 1. The summed E-state index contributed by atoms with van der Waals surface area (Å²) in [5.41, 5.74) is 8.57. The maximum atomic E-state index is 14.2. The van der Waals surface area contributed by atoms with Crippen molar-refractivity contribution < 1.29 is 4.74 Å². The fourth-order valence-corrected chi connectivity index (χ4v) is 4.21. The van der Waals surface area contributed by atoms with E-state index in [1.807, 2.05) is 61.5 Å². The standard InChI is InChI=1S/C27H22N8O2/c1-16(33-24-18(12-28)13-30-26(29)34-24)22-11-17-7-6-10-21(19-14-31-27(37-2)32-15-19)23(17)25(36)35(22)20-8-4-3-5-9-20/h3-11,13-16H,1-2H3,(H3,29,30,33,34). The molecule has 1 atom stereocenters. The van der Waals surface area contributed by atoms with Crippen LogP contribution in [0.5, 0.6) is 6.01 Å². The average molecular weight is 491 g/mol. The number of para-hydroxylation sites is 1. The lowest BCUT2D eigenvalue weighted by molar-refractivity contribution is 0.380. The number of nitrogens with one attached hydrogen (secondary N) is 1. The van der Waals surface area contributed by atoms with E-state index in [9.17, 15) is 10.1 Å². The van der Waals surface area contributed by atoms with Gasteiger partial charge in [0.1, 0.15) is 17.5 Å². The van der Waals surface area contributed by atoms with Crippen LogP contribution in [0.2, 0.25) is 0 Å². The van der Waals surface area contributed by atoms with E-state index in [1.165, 1.54) is 13.3 Å². The predicted octanol–water partition coefficient (Wildman–Crippen LogP) is 3.87. The van der Waals surface area contributed by atoms with Crippen molar-refractivity contribution in [3.05, 3.63) is 94.8 Å². The highest BCUT2D eigenvalue weighted by atomic mass is 16.5. The van der Waals surface area contributed by atoms with Gasteiger partial charge in [0.2, 0.25) is 5.95 Å². The lowest BCUT2D eigenvalue weighted by Gasteiger charge is -2.22. The number of nitrogens with two attached hydrogens (primary N) is 1. The zero-order valence-electron chi connectivity index (χ0n) is 20.1. The number of nitriles is 1. The third-order valence-electron chi connectivity index (χ3n) is 5.94. The highest BCUT2D eigenvalue weighted by Gasteiger charge is 2.20. The van der Waals surface area contributed by atoms with Gasteiger partial charge in [-0.1, -0.05) is 36.4 Å². The quantitative estimate of drug-likeness (QED) is 0.362. The molecule has 10 heteroatoms. The molecule has 0 fully saturated rings. The van der Waals surface area contributed by atoms with Gasteiger partial charge in [-0.15, -0.1) is 0 Å². The van der Waals surface area contributed by atoms with Gasteiger partial charge in [0, 0.05) is 29.3 Å². The minimum atomic E-state index is -0.424. The van der Waals surface area contributed by atoms with E-state index in [-0.39, 0.29) is 23.1 Å². The van der Waals surface area contributed by atoms with E-state index in [0.29, 0.717) is 33.7 Å². The highest BCUT2D eigenvalue weighted by molar-refractivity contribution is 5.96. The van der Waals surface area contributed by atoms with Crippen molar-refractivity contribution in [2.45, 2.75) is 13.0 Å². The first kappa shape index (κ1) is 23.4. The summed E-state index contributed by atoms with van der Waals surface area (Å²) in [6.45, 7) is 1.89. The number of nitrogens with zero attached hydrogens (tertiary/aromatic N) is 6. The minimum Gasteiger partial charge on any atom is -0.467 e. The van der Waals surface area contributed by atoms with Crippen LogP contribution >= 0.6 is 0 Å². The van der Waals surface area contributed by atoms with Crippen LogP contribution in [0.25, 0.3) is 27.6 Å². The second-order valence-electron chi connectivity index (χ2n) is 8.24. The van der Waals surface area contributed by atoms with Gasteiger partial charge in [0.05, 0.1) is 24.7 Å². The molecular weight excluding hydrogens is 468 g/mol. The van der Waals surface area contributed by atoms with Crippen LogP contribution in [0.4, 0.5) is 11.8 Å². The largest absolute Gasteiger partial charge is 0.467 e. The number of nitrogen functional groups attached to an aromatic ring is 1. The molecule has 1 unspecified atom stereocenters. The summed E-state index contributed by atoms with van der Waals surface area (Å²) in [5, 5.41) is 14.0. The molecule has 2 aromatic carbocycles. The Morgan fingerprint density at radius 2 is 1.81 bits per heavy atom. The van der Waals surface area contributed by atoms with Gasteiger partial charge in [-0.3, -0.25) is 9.36 Å². The molecule has 0 saturated carbocycles. The molecule has 10 nitrogen and oxygen atoms in total. The topological polar surface area (TPSA) is 145 Å². The zero-order valence-corrected chi connectivity index (χ0v) is 20.1. The number of methoxy groups -OCH3 is 1. The summed E-state index contributed by atoms with van der Waals surface area (Å²) in [6, 6.07) is 18.8. The first-order valence-corrected chi connectivity index (χ1v) is 11.4. The molecule has 5 aromatic rings. The fraction of sp³-hybridized carbons (Fsp3) is 0.111. The number of rotatable bonds is 6. The third-order valence-corrected chi connectivity index (χ3v) is 5.94. The average Bonchev–Trinajstić information content (AvgIpc) is 2.93. The Morgan fingerprint density at radius 3 is 2.51 bits per heavy atom. The second kappa shape index (κ2) is 9.75. The summed E-state index contributed by atoms with van der Waals surface area (Å²) in [7, 11) is 1.50. The Labute approximate surface area is 212 Å². The molecular formula is C27H22N8O2. The van der Waals surface area contributed by atoms with E-state index < -0.39 is 6.04 Å². The summed E-state index contributed by atoms with van der Waals surface area (Å²) in [6.07, 6.45) is 4.63. The van der Waals surface area contributed by atoms with Gasteiger partial charge >= 0.3 is 6.01 Å². The normalized spacial score (nSPS) is 11.6. The Hall–Kier alpha value is -5.30. The maximum Gasteiger partial charge on any atom is 0.316 e. The van der Waals surface area contributed by atoms with Crippen molar-refractivity contribution in [2.24, 2.45) is 0 Å². The van der Waals surface area contributed by atoms with Crippen molar-refractivity contribution in [1.29, 1.82) is 5.26 Å². The van der Waals surface area contributed by atoms with Gasteiger partial charge in [-0.05, 0) is 36.1 Å². The third kappa shape index (κ3) is 4.41. The number of aromatic nitrogens is 5. The molecule has 0 radical (unpaired) electrons. The molecule has 5 rings (SSSR count). The minimum absolute atomic E-state index is 0.0408. The summed E-state index contributed by atoms with van der Waals surface area (Å²) >= 11 is 0. The summed E-state index contributed by atoms with van der Waals surface area (Å²) in [5.74, 6) is 0.331. The van der Waals surface area contributed by atoms with E-state index in [1.54, 1.807) is 17.0 Å². The SMILES string of the molecule is COc1ncc(-c2cccc3cc(C(C)Nc4nc(N)ncc4C#N)n(-c4ccccc4)c(=O)c23)cn1. The molecule has 3 heterocycles. The summed E-state index contributed by atoms with van der Waals surface area (Å²) in [4.78, 5) is 30.7. The van der Waals surface area contributed by atoms with Crippen LogP contribution in [-0.2, 0) is 0 Å². The number of anilines is 2. The van der Waals surface area contributed by atoms with Crippen molar-refractivity contribution in [3.8, 4) is 28.9 Å². The van der Waals surface area contributed by atoms with Crippen molar-refractivity contribution in [2.75, 3.05) is 18.2 Å². The van der Waals surface area contributed by atoms with E-state index in [0.717, 1.165) is 5.39 Å². The molecule has 3 aromatic heterocycles. The molecule has 0 aliphatic rings. The highest BCUT2D eigenvalue weighted by Crippen LogP contribution is 2.30. The smallest absolute Gasteiger partial charge is 0.316 e. The molecule has 0 spiro atoms. The molecule has 37 heavy (non-hydrogen) atoms. The monoisotopic (exact) mass is 490 g/mol. The van der Waals surface area contributed by atoms with Gasteiger partial charge in [0.15, 0.2) is 0 Å². The van der Waals surface area contributed by atoms with Crippen LogP contribution in [0.15, 0.2) is 78.0 Å². The van der Waals surface area contributed by atoms with Crippen molar-refractivity contribution in [1.82, 2.24) is 24.5 Å². The van der Waals surface area contributed by atoms with E-state index >= 15 is 0 Å². The van der Waals surface area contributed by atoms with E-state index in [2.05, 4.69) is 31.3 Å². The van der Waals surface area contributed by atoms with Crippen LogP contribution < -0.4 is 21.3 Å². The first-order valence-electron chi connectivity index (χ1n) is 11.4. The number of fused-ring (bicyclic) bond motifs is 1. The molecule has 0 saturated heterocycles. The number of hydrogen-bond donors (Lipinski definition) is 2. The Morgan fingerprint density at radius 1 is 1.05 bits per heavy atom. The lowest BCUT2D eigenvalue weighted by atomic mass is 9.99. The Balaban J connectivity index is 1.73. The second-order valence-corrected chi connectivity index (χ2v) is 8.24. The van der Waals surface area contributed by atoms with Crippen molar-refractivity contribution in [3.63, 3.8) is 0 Å². The Bertz CT molecular complexity index is 1690. The summed E-state index contributed by atoms with van der Waals surface area (Å²) < 4.78 is 6.73. The molecule has 0 amide bonds. The fourth-order valence-electron chi connectivity index (χ4n) is 4.21. The maximum absolute atomic E-state index is 14.2. The number of benzene rings is 2. The molecule has 0 aliphatic carbocycles.